The normalized spacial score (nSPS) is 10.5. The minimum Gasteiger partial charge on any atom is -0.451 e. The lowest BCUT2D eigenvalue weighted by Crippen LogP contribution is -1.93. The maximum Gasteiger partial charge on any atom is 0.247 e. The third-order valence-corrected chi connectivity index (χ3v) is 3.63. The number of para-hydroxylation sites is 1. The van der Waals surface area contributed by atoms with Gasteiger partial charge in [0, 0.05) is 10.9 Å². The molecule has 2 aromatic carbocycles. The molecular formula is C16H9BrFNO2. The Balaban J connectivity index is 2.15. The quantitative estimate of drug-likeness (QED) is 0.618. The maximum atomic E-state index is 13.8. The highest BCUT2D eigenvalue weighted by molar-refractivity contribution is 9.08. The molecule has 0 radical (unpaired) electrons. The van der Waals surface area contributed by atoms with Gasteiger partial charge in [0.25, 0.3) is 0 Å². The van der Waals surface area contributed by atoms with E-state index in [1.54, 1.807) is 24.3 Å². The van der Waals surface area contributed by atoms with Crippen molar-refractivity contribution in [3.8, 4) is 17.6 Å². The van der Waals surface area contributed by atoms with Crippen molar-refractivity contribution in [3.63, 3.8) is 0 Å². The van der Waals surface area contributed by atoms with E-state index in [1.807, 2.05) is 18.2 Å². The zero-order valence-corrected chi connectivity index (χ0v) is 12.4. The van der Waals surface area contributed by atoms with E-state index in [9.17, 15) is 9.65 Å². The molecule has 0 atom stereocenters. The molecule has 0 amide bonds. The molecule has 3 rings (SSSR count). The highest BCUT2D eigenvalue weighted by atomic mass is 79.9. The van der Waals surface area contributed by atoms with Gasteiger partial charge >= 0.3 is 0 Å². The summed E-state index contributed by atoms with van der Waals surface area (Å²) in [6.45, 7) is 0. The molecule has 0 spiro atoms. The third kappa shape index (κ3) is 2.39. The van der Waals surface area contributed by atoms with Crippen molar-refractivity contribution in [3.05, 3.63) is 59.6 Å². The van der Waals surface area contributed by atoms with Crippen molar-refractivity contribution in [2.75, 3.05) is 0 Å². The Bertz CT molecular complexity index is 851. The summed E-state index contributed by atoms with van der Waals surface area (Å²) in [5.41, 5.74) is 0.951. The molecule has 0 aliphatic rings. The molecule has 0 fully saturated rings. The van der Waals surface area contributed by atoms with E-state index in [4.69, 9.17) is 9.15 Å². The lowest BCUT2D eigenvalue weighted by atomic mass is 10.2. The lowest BCUT2D eigenvalue weighted by molar-refractivity contribution is 0.457. The summed E-state index contributed by atoms with van der Waals surface area (Å²) in [5.74, 6) is 0.368. The first-order valence-corrected chi connectivity index (χ1v) is 7.29. The first-order valence-electron chi connectivity index (χ1n) is 6.17. The maximum absolute atomic E-state index is 13.8. The van der Waals surface area contributed by atoms with Gasteiger partial charge in [0.2, 0.25) is 5.76 Å². The number of hydrogen-bond acceptors (Lipinski definition) is 3. The standard InChI is InChI=1S/C16H9BrFNO2/c17-8-11-12(18)5-3-7-14(11)21-16-10-4-1-2-6-13(10)20-15(16)9-19/h1-7H,8H2. The van der Waals surface area contributed by atoms with Crippen molar-refractivity contribution < 1.29 is 13.5 Å². The predicted molar refractivity (Wildman–Crippen MR) is 80.0 cm³/mol. The molecule has 0 N–H and O–H groups in total. The lowest BCUT2D eigenvalue weighted by Gasteiger charge is -2.09. The van der Waals surface area contributed by atoms with Crippen LogP contribution in [0.2, 0.25) is 0 Å². The van der Waals surface area contributed by atoms with Crippen molar-refractivity contribution >= 4 is 26.9 Å². The highest BCUT2D eigenvalue weighted by Crippen LogP contribution is 2.37. The Morgan fingerprint density at radius 1 is 1.19 bits per heavy atom. The van der Waals surface area contributed by atoms with Crippen LogP contribution < -0.4 is 4.74 Å². The van der Waals surface area contributed by atoms with Gasteiger partial charge in [-0.05, 0) is 24.3 Å². The van der Waals surface area contributed by atoms with Gasteiger partial charge in [0.1, 0.15) is 23.2 Å². The Morgan fingerprint density at radius 3 is 2.76 bits per heavy atom. The fourth-order valence-electron chi connectivity index (χ4n) is 2.07. The average Bonchev–Trinajstić information content (AvgIpc) is 2.86. The van der Waals surface area contributed by atoms with Crippen LogP contribution in [0.5, 0.6) is 11.5 Å². The Morgan fingerprint density at radius 2 is 2.00 bits per heavy atom. The molecule has 0 aliphatic carbocycles. The Kier molecular flexibility index (Phi) is 3.63. The van der Waals surface area contributed by atoms with Crippen LogP contribution in [0.4, 0.5) is 4.39 Å². The number of hydrogen-bond donors (Lipinski definition) is 0. The van der Waals surface area contributed by atoms with E-state index in [0.717, 1.165) is 0 Å². The first kappa shape index (κ1) is 13.7. The second-order valence-corrected chi connectivity index (χ2v) is 4.88. The Hall–Kier alpha value is -2.32. The van der Waals surface area contributed by atoms with Crippen LogP contribution in [0.25, 0.3) is 11.0 Å². The van der Waals surface area contributed by atoms with Crippen LogP contribution >= 0.6 is 15.9 Å². The summed E-state index contributed by atoms with van der Waals surface area (Å²) >= 11 is 3.24. The minimum absolute atomic E-state index is 0.0704. The number of rotatable bonds is 3. The second kappa shape index (κ2) is 5.58. The number of halogens is 2. The summed E-state index contributed by atoms with van der Waals surface area (Å²) in [6.07, 6.45) is 0. The van der Waals surface area contributed by atoms with Crippen LogP contribution in [0.1, 0.15) is 11.3 Å². The van der Waals surface area contributed by atoms with E-state index in [2.05, 4.69) is 15.9 Å². The monoisotopic (exact) mass is 345 g/mol. The zero-order valence-electron chi connectivity index (χ0n) is 10.8. The van der Waals surface area contributed by atoms with Crippen LogP contribution in [0.15, 0.2) is 46.9 Å². The van der Waals surface area contributed by atoms with E-state index in [1.165, 1.54) is 6.07 Å². The van der Waals surface area contributed by atoms with E-state index >= 15 is 0 Å². The van der Waals surface area contributed by atoms with Gasteiger partial charge in [-0.1, -0.05) is 34.1 Å². The van der Waals surface area contributed by atoms with Crippen LogP contribution in [0, 0.1) is 17.1 Å². The molecule has 104 valence electrons. The highest BCUT2D eigenvalue weighted by Gasteiger charge is 2.18. The molecule has 0 aliphatic heterocycles. The van der Waals surface area contributed by atoms with Gasteiger partial charge in [0.05, 0.1) is 5.39 Å². The van der Waals surface area contributed by atoms with Gasteiger partial charge < -0.3 is 9.15 Å². The van der Waals surface area contributed by atoms with Crippen LogP contribution in [-0.4, -0.2) is 0 Å². The molecule has 0 saturated carbocycles. The molecule has 1 aromatic heterocycles. The largest absolute Gasteiger partial charge is 0.451 e. The molecule has 21 heavy (non-hydrogen) atoms. The zero-order chi connectivity index (χ0) is 14.8. The summed E-state index contributed by atoms with van der Waals surface area (Å²) in [5, 5.41) is 10.2. The molecule has 1 heterocycles. The van der Waals surface area contributed by atoms with Gasteiger partial charge in [-0.2, -0.15) is 5.26 Å². The smallest absolute Gasteiger partial charge is 0.247 e. The number of alkyl halides is 1. The molecule has 5 heteroatoms. The number of fused-ring (bicyclic) bond motifs is 1. The molecule has 0 unspecified atom stereocenters. The Labute approximate surface area is 128 Å². The average molecular weight is 346 g/mol. The first-order chi connectivity index (χ1) is 10.2. The fourth-order valence-corrected chi connectivity index (χ4v) is 2.62. The molecule has 3 aromatic rings. The van der Waals surface area contributed by atoms with Crippen molar-refractivity contribution in [1.82, 2.24) is 0 Å². The predicted octanol–water partition coefficient (Wildman–Crippen LogP) is 5.13. The van der Waals surface area contributed by atoms with Crippen LogP contribution in [-0.2, 0) is 5.33 Å². The van der Waals surface area contributed by atoms with Gasteiger partial charge in [-0.3, -0.25) is 0 Å². The van der Waals surface area contributed by atoms with Crippen molar-refractivity contribution in [2.45, 2.75) is 5.33 Å². The number of furan rings is 1. The number of nitrogens with zero attached hydrogens (tertiary/aromatic N) is 1. The topological polar surface area (TPSA) is 46.2 Å². The van der Waals surface area contributed by atoms with Crippen molar-refractivity contribution in [2.24, 2.45) is 0 Å². The SMILES string of the molecule is N#Cc1oc2ccccc2c1Oc1cccc(F)c1CBr. The van der Waals surface area contributed by atoms with Crippen LogP contribution in [0.3, 0.4) is 0 Å². The van der Waals surface area contributed by atoms with Gasteiger partial charge in [-0.25, -0.2) is 4.39 Å². The summed E-state index contributed by atoms with van der Waals surface area (Å²) in [4.78, 5) is 0. The molecule has 3 nitrogen and oxygen atoms in total. The third-order valence-electron chi connectivity index (χ3n) is 3.07. The second-order valence-electron chi connectivity index (χ2n) is 4.32. The van der Waals surface area contributed by atoms with Gasteiger partial charge in [0.15, 0.2) is 5.75 Å². The van der Waals surface area contributed by atoms with E-state index in [0.29, 0.717) is 33.4 Å². The summed E-state index contributed by atoms with van der Waals surface area (Å²) in [6, 6.07) is 13.7. The summed E-state index contributed by atoms with van der Waals surface area (Å²) in [7, 11) is 0. The molecule has 0 bridgehead atoms. The summed E-state index contributed by atoms with van der Waals surface area (Å²) < 4.78 is 25.0. The molecular weight excluding hydrogens is 337 g/mol. The number of ether oxygens (including phenoxy) is 1. The minimum atomic E-state index is -0.365. The number of nitriles is 1. The van der Waals surface area contributed by atoms with E-state index in [-0.39, 0.29) is 11.6 Å². The van der Waals surface area contributed by atoms with E-state index < -0.39 is 0 Å². The molecule has 0 saturated heterocycles. The number of benzene rings is 2. The van der Waals surface area contributed by atoms with Gasteiger partial charge in [-0.15, -0.1) is 0 Å². The van der Waals surface area contributed by atoms with Crippen molar-refractivity contribution in [1.29, 1.82) is 5.26 Å². The fraction of sp³-hybridized carbons (Fsp3) is 0.0625.